The van der Waals surface area contributed by atoms with Crippen molar-refractivity contribution in [2.24, 2.45) is 5.73 Å². The summed E-state index contributed by atoms with van der Waals surface area (Å²) in [6.45, 7) is 4.28. The number of carbonyl (C=O) groups is 1. The molecular formula is C13H19N3O. The zero-order chi connectivity index (χ0) is 12.3. The average molecular weight is 233 g/mol. The molecule has 1 aliphatic rings. The van der Waals surface area contributed by atoms with E-state index in [-0.39, 0.29) is 5.91 Å². The van der Waals surface area contributed by atoms with Gasteiger partial charge in [0.05, 0.1) is 6.54 Å². The van der Waals surface area contributed by atoms with Crippen LogP contribution in [0.25, 0.3) is 0 Å². The van der Waals surface area contributed by atoms with Gasteiger partial charge >= 0.3 is 0 Å². The predicted molar refractivity (Wildman–Crippen MR) is 66.6 cm³/mol. The minimum absolute atomic E-state index is 0.239. The molecule has 1 aromatic heterocycles. The molecule has 1 amide bonds. The van der Waals surface area contributed by atoms with Crippen molar-refractivity contribution in [2.45, 2.75) is 25.7 Å². The lowest BCUT2D eigenvalue weighted by Crippen LogP contribution is -2.40. The molecule has 17 heavy (non-hydrogen) atoms. The number of hydrogen-bond acceptors (Lipinski definition) is 3. The van der Waals surface area contributed by atoms with Crippen molar-refractivity contribution in [1.82, 2.24) is 9.88 Å². The SMILES string of the molecule is Cc1cc([C@@H]2CCCN(CC(N)=O)C2)ccn1. The van der Waals surface area contributed by atoms with Crippen LogP contribution in [0.5, 0.6) is 0 Å². The summed E-state index contributed by atoms with van der Waals surface area (Å²) in [4.78, 5) is 17.3. The van der Waals surface area contributed by atoms with Gasteiger partial charge in [-0.05, 0) is 49.9 Å². The highest BCUT2D eigenvalue weighted by Gasteiger charge is 2.22. The molecule has 0 aliphatic carbocycles. The number of piperidine rings is 1. The number of rotatable bonds is 3. The van der Waals surface area contributed by atoms with E-state index in [0.717, 1.165) is 25.2 Å². The molecule has 1 fully saturated rings. The number of nitrogens with two attached hydrogens (primary N) is 1. The Kier molecular flexibility index (Phi) is 3.74. The Labute approximate surface area is 102 Å². The van der Waals surface area contributed by atoms with Crippen molar-refractivity contribution in [2.75, 3.05) is 19.6 Å². The van der Waals surface area contributed by atoms with E-state index in [0.29, 0.717) is 12.5 Å². The summed E-state index contributed by atoms with van der Waals surface area (Å²) in [6.07, 6.45) is 4.16. The van der Waals surface area contributed by atoms with Gasteiger partial charge in [-0.1, -0.05) is 0 Å². The molecule has 1 aromatic rings. The molecular weight excluding hydrogens is 214 g/mol. The van der Waals surface area contributed by atoms with Crippen LogP contribution in [-0.2, 0) is 4.79 Å². The molecule has 0 unspecified atom stereocenters. The van der Waals surface area contributed by atoms with E-state index < -0.39 is 0 Å². The summed E-state index contributed by atoms with van der Waals surface area (Å²) in [5.74, 6) is 0.265. The average Bonchev–Trinajstić information content (AvgIpc) is 2.28. The molecule has 0 bridgehead atoms. The maximum atomic E-state index is 10.9. The topological polar surface area (TPSA) is 59.2 Å². The quantitative estimate of drug-likeness (QED) is 0.849. The summed E-state index contributed by atoms with van der Waals surface area (Å²) in [5, 5.41) is 0. The van der Waals surface area contributed by atoms with E-state index in [1.165, 1.54) is 12.0 Å². The van der Waals surface area contributed by atoms with E-state index in [1.807, 2.05) is 13.1 Å². The molecule has 0 spiro atoms. The fraction of sp³-hybridized carbons (Fsp3) is 0.538. The van der Waals surface area contributed by atoms with Crippen LogP contribution in [0.1, 0.15) is 30.0 Å². The first-order chi connectivity index (χ1) is 8.15. The summed E-state index contributed by atoms with van der Waals surface area (Å²) in [6, 6.07) is 4.21. The Hall–Kier alpha value is -1.42. The van der Waals surface area contributed by atoms with E-state index >= 15 is 0 Å². The first-order valence-electron chi connectivity index (χ1n) is 6.08. The van der Waals surface area contributed by atoms with Gasteiger partial charge in [-0.2, -0.15) is 0 Å². The number of hydrogen-bond donors (Lipinski definition) is 1. The van der Waals surface area contributed by atoms with Crippen LogP contribution in [0.4, 0.5) is 0 Å². The van der Waals surface area contributed by atoms with Gasteiger partial charge in [-0.15, -0.1) is 0 Å². The molecule has 2 N–H and O–H groups in total. The maximum Gasteiger partial charge on any atom is 0.231 e. The van der Waals surface area contributed by atoms with Gasteiger partial charge < -0.3 is 5.73 Å². The molecule has 2 rings (SSSR count). The van der Waals surface area contributed by atoms with Crippen molar-refractivity contribution < 1.29 is 4.79 Å². The van der Waals surface area contributed by atoms with Crippen LogP contribution < -0.4 is 5.73 Å². The van der Waals surface area contributed by atoms with Crippen LogP contribution in [0.2, 0.25) is 0 Å². The number of nitrogens with zero attached hydrogens (tertiary/aromatic N) is 2. The van der Waals surface area contributed by atoms with E-state index in [1.54, 1.807) is 0 Å². The third kappa shape index (κ3) is 3.27. The standard InChI is InChI=1S/C13H19N3O/c1-10-7-11(4-5-15-10)12-3-2-6-16(8-12)9-13(14)17/h4-5,7,12H,2-3,6,8-9H2,1H3,(H2,14,17)/t12-/m1/s1. The van der Waals surface area contributed by atoms with Crippen molar-refractivity contribution in [3.63, 3.8) is 0 Å². The molecule has 1 aliphatic heterocycles. The maximum absolute atomic E-state index is 10.9. The van der Waals surface area contributed by atoms with Crippen LogP contribution in [0.3, 0.4) is 0 Å². The number of primary amides is 1. The first kappa shape index (κ1) is 12.0. The summed E-state index contributed by atoms with van der Waals surface area (Å²) >= 11 is 0. The monoisotopic (exact) mass is 233 g/mol. The smallest absolute Gasteiger partial charge is 0.231 e. The van der Waals surface area contributed by atoms with Gasteiger partial charge in [-0.25, -0.2) is 0 Å². The second-order valence-corrected chi connectivity index (χ2v) is 4.77. The molecule has 92 valence electrons. The summed E-state index contributed by atoms with van der Waals surface area (Å²) in [7, 11) is 0. The second-order valence-electron chi connectivity index (χ2n) is 4.77. The molecule has 0 radical (unpaired) electrons. The Bertz CT molecular complexity index is 405. The number of amides is 1. The van der Waals surface area contributed by atoms with Crippen LogP contribution in [-0.4, -0.2) is 35.4 Å². The van der Waals surface area contributed by atoms with Crippen molar-refractivity contribution in [3.05, 3.63) is 29.6 Å². The van der Waals surface area contributed by atoms with E-state index in [9.17, 15) is 4.79 Å². The fourth-order valence-electron chi connectivity index (χ4n) is 2.51. The van der Waals surface area contributed by atoms with Gasteiger partial charge in [0, 0.05) is 18.4 Å². The second kappa shape index (κ2) is 5.27. The number of likely N-dealkylation sites (tertiary alicyclic amines) is 1. The number of carbonyl (C=O) groups excluding carboxylic acids is 1. The van der Waals surface area contributed by atoms with Crippen molar-refractivity contribution in [3.8, 4) is 0 Å². The molecule has 4 heteroatoms. The molecule has 1 atom stereocenters. The third-order valence-electron chi connectivity index (χ3n) is 3.28. The molecule has 0 aromatic carbocycles. The van der Waals surface area contributed by atoms with Gasteiger partial charge in [0.1, 0.15) is 0 Å². The highest BCUT2D eigenvalue weighted by molar-refractivity contribution is 5.75. The Balaban J connectivity index is 2.04. The number of pyridine rings is 1. The largest absolute Gasteiger partial charge is 0.369 e. The minimum atomic E-state index is -0.239. The Morgan fingerprint density at radius 2 is 2.47 bits per heavy atom. The molecule has 0 saturated carbocycles. The minimum Gasteiger partial charge on any atom is -0.369 e. The first-order valence-corrected chi connectivity index (χ1v) is 6.08. The molecule has 1 saturated heterocycles. The van der Waals surface area contributed by atoms with E-state index in [2.05, 4.69) is 22.0 Å². The molecule has 2 heterocycles. The Morgan fingerprint density at radius 3 is 3.18 bits per heavy atom. The predicted octanol–water partition coefficient (Wildman–Crippen LogP) is 1.05. The van der Waals surface area contributed by atoms with Gasteiger partial charge in [0.15, 0.2) is 0 Å². The van der Waals surface area contributed by atoms with Crippen LogP contribution in [0, 0.1) is 6.92 Å². The number of aromatic nitrogens is 1. The normalized spacial score (nSPS) is 21.4. The van der Waals surface area contributed by atoms with Gasteiger partial charge in [0.2, 0.25) is 5.91 Å². The summed E-state index contributed by atoms with van der Waals surface area (Å²) in [5.41, 5.74) is 7.62. The highest BCUT2D eigenvalue weighted by atomic mass is 16.1. The lowest BCUT2D eigenvalue weighted by molar-refractivity contribution is -0.119. The fourth-order valence-corrected chi connectivity index (χ4v) is 2.51. The van der Waals surface area contributed by atoms with Gasteiger partial charge in [-0.3, -0.25) is 14.7 Å². The Morgan fingerprint density at radius 1 is 1.65 bits per heavy atom. The van der Waals surface area contributed by atoms with Crippen LogP contribution in [0.15, 0.2) is 18.3 Å². The zero-order valence-electron chi connectivity index (χ0n) is 10.2. The highest BCUT2D eigenvalue weighted by Crippen LogP contribution is 2.26. The molecule has 4 nitrogen and oxygen atoms in total. The van der Waals surface area contributed by atoms with Gasteiger partial charge in [0.25, 0.3) is 0 Å². The third-order valence-corrected chi connectivity index (χ3v) is 3.28. The lowest BCUT2D eigenvalue weighted by Gasteiger charge is -2.32. The lowest BCUT2D eigenvalue weighted by atomic mass is 9.91. The zero-order valence-corrected chi connectivity index (χ0v) is 10.2. The number of aryl methyl sites for hydroxylation is 1. The summed E-state index contributed by atoms with van der Waals surface area (Å²) < 4.78 is 0. The van der Waals surface area contributed by atoms with Crippen LogP contribution >= 0.6 is 0 Å². The van der Waals surface area contributed by atoms with Crippen molar-refractivity contribution >= 4 is 5.91 Å². The van der Waals surface area contributed by atoms with E-state index in [4.69, 9.17) is 5.73 Å². The van der Waals surface area contributed by atoms with Crippen molar-refractivity contribution in [1.29, 1.82) is 0 Å².